The van der Waals surface area contributed by atoms with E-state index in [-0.39, 0.29) is 5.82 Å². The van der Waals surface area contributed by atoms with Crippen molar-refractivity contribution in [3.63, 3.8) is 0 Å². The van der Waals surface area contributed by atoms with Crippen LogP contribution in [-0.4, -0.2) is 40.2 Å². The molecule has 27 heavy (non-hydrogen) atoms. The molecule has 14 heteroatoms. The minimum absolute atomic E-state index is 0.213. The first-order valence-electron chi connectivity index (χ1n) is 7.14. The number of ether oxygens (including phenoxy) is 1. The van der Waals surface area contributed by atoms with Crippen molar-refractivity contribution in [1.82, 2.24) is 5.16 Å². The molecule has 1 aromatic heterocycles. The summed E-state index contributed by atoms with van der Waals surface area (Å²) in [7, 11) is -4.85. The Kier molecular flexibility index (Phi) is 5.38. The maximum atomic E-state index is 14.1. The topological polar surface area (TPSA) is 116 Å². The normalized spacial score (nSPS) is 17.3. The van der Waals surface area contributed by atoms with E-state index in [4.69, 9.17) is 4.74 Å². The zero-order chi connectivity index (χ0) is 19.9. The number of hydrogen-bond donors (Lipinski definition) is 2. The van der Waals surface area contributed by atoms with Crippen molar-refractivity contribution in [2.75, 3.05) is 22.7 Å². The molecular formula is C13H10F3IN3O6P. The first-order chi connectivity index (χ1) is 12.6. The minimum Gasteiger partial charge on any atom is -0.442 e. The van der Waals surface area contributed by atoms with Crippen molar-refractivity contribution in [1.29, 1.82) is 0 Å². The van der Waals surface area contributed by atoms with Gasteiger partial charge in [-0.05, 0) is 22.6 Å². The SMILES string of the molecule is O=C1O[C@@H](CN(c2ccon2)P(=O)(O)O)CN1c1cc(F)c(I)c(F)c1F. The lowest BCUT2D eigenvalue weighted by atomic mass is 10.2. The largest absolute Gasteiger partial charge is 0.442 e. The summed E-state index contributed by atoms with van der Waals surface area (Å²) in [5, 5.41) is 3.41. The van der Waals surface area contributed by atoms with Crippen LogP contribution in [0.2, 0.25) is 0 Å². The van der Waals surface area contributed by atoms with E-state index in [2.05, 4.69) is 9.68 Å². The quantitative estimate of drug-likeness (QED) is 0.268. The number of nitrogens with zero attached hydrogens (tertiary/aromatic N) is 3. The number of halogens is 4. The molecule has 1 aliphatic rings. The molecule has 1 amide bonds. The summed E-state index contributed by atoms with van der Waals surface area (Å²) in [5.41, 5.74) is -0.679. The Bertz CT molecular complexity index is 925. The van der Waals surface area contributed by atoms with Crippen LogP contribution in [-0.2, 0) is 9.30 Å². The van der Waals surface area contributed by atoms with E-state index in [1.807, 2.05) is 0 Å². The molecule has 0 bridgehead atoms. The molecule has 1 aliphatic heterocycles. The first kappa shape index (κ1) is 19.9. The lowest BCUT2D eigenvalue weighted by Gasteiger charge is -2.24. The molecule has 0 spiro atoms. The average Bonchev–Trinajstić information content (AvgIpc) is 3.23. The summed E-state index contributed by atoms with van der Waals surface area (Å²) in [6, 6.07) is 1.82. The smallest absolute Gasteiger partial charge is 0.431 e. The van der Waals surface area contributed by atoms with Crippen LogP contribution in [0.15, 0.2) is 22.9 Å². The lowest BCUT2D eigenvalue weighted by molar-refractivity contribution is 0.144. The number of anilines is 2. The Morgan fingerprint density at radius 2 is 2.07 bits per heavy atom. The van der Waals surface area contributed by atoms with E-state index in [9.17, 15) is 32.3 Å². The van der Waals surface area contributed by atoms with Crippen LogP contribution in [0.3, 0.4) is 0 Å². The van der Waals surface area contributed by atoms with Crippen LogP contribution in [0.4, 0.5) is 29.5 Å². The second-order valence-electron chi connectivity index (χ2n) is 5.39. The number of carbonyl (C=O) groups excluding carboxylic acids is 1. The Morgan fingerprint density at radius 1 is 1.37 bits per heavy atom. The molecule has 9 nitrogen and oxygen atoms in total. The van der Waals surface area contributed by atoms with E-state index >= 15 is 0 Å². The van der Waals surface area contributed by atoms with Gasteiger partial charge >= 0.3 is 13.8 Å². The lowest BCUT2D eigenvalue weighted by Crippen LogP contribution is -2.33. The van der Waals surface area contributed by atoms with Crippen LogP contribution < -0.4 is 9.57 Å². The van der Waals surface area contributed by atoms with E-state index < -0.39 is 59.7 Å². The van der Waals surface area contributed by atoms with E-state index in [0.29, 0.717) is 15.6 Å². The van der Waals surface area contributed by atoms with Crippen molar-refractivity contribution >= 4 is 47.9 Å². The molecule has 0 aliphatic carbocycles. The molecule has 0 radical (unpaired) electrons. The summed E-state index contributed by atoms with van der Waals surface area (Å²) in [6.45, 7) is -0.917. The van der Waals surface area contributed by atoms with Gasteiger partial charge in [-0.2, -0.15) is 0 Å². The number of aromatic nitrogens is 1. The number of amides is 1. The summed E-state index contributed by atoms with van der Waals surface area (Å²) in [4.78, 5) is 31.5. The molecule has 2 heterocycles. The summed E-state index contributed by atoms with van der Waals surface area (Å²) < 4.78 is 62.7. The molecule has 1 aromatic carbocycles. The van der Waals surface area contributed by atoms with Crippen molar-refractivity contribution in [3.05, 3.63) is 39.4 Å². The molecule has 0 saturated carbocycles. The van der Waals surface area contributed by atoms with Crippen molar-refractivity contribution in [2.45, 2.75) is 6.10 Å². The predicted molar refractivity (Wildman–Crippen MR) is 92.5 cm³/mol. The maximum Gasteiger partial charge on any atom is 0.431 e. The molecule has 0 unspecified atom stereocenters. The van der Waals surface area contributed by atoms with Gasteiger partial charge in [0, 0.05) is 12.1 Å². The highest BCUT2D eigenvalue weighted by molar-refractivity contribution is 14.1. The molecule has 2 N–H and O–H groups in total. The number of cyclic esters (lactones) is 1. The zero-order valence-corrected chi connectivity index (χ0v) is 16.1. The van der Waals surface area contributed by atoms with Gasteiger partial charge in [0.2, 0.25) is 0 Å². The van der Waals surface area contributed by atoms with Crippen LogP contribution in [0.1, 0.15) is 0 Å². The van der Waals surface area contributed by atoms with Gasteiger partial charge in [0.1, 0.15) is 18.2 Å². The maximum absolute atomic E-state index is 14.1. The third kappa shape index (κ3) is 3.90. The zero-order valence-electron chi connectivity index (χ0n) is 13.1. The highest BCUT2D eigenvalue weighted by Gasteiger charge is 2.39. The Morgan fingerprint density at radius 3 is 2.67 bits per heavy atom. The molecule has 3 rings (SSSR count). The van der Waals surface area contributed by atoms with Gasteiger partial charge in [0.15, 0.2) is 17.5 Å². The van der Waals surface area contributed by atoms with Gasteiger partial charge < -0.3 is 19.0 Å². The monoisotopic (exact) mass is 519 g/mol. The molecule has 2 aromatic rings. The average molecular weight is 519 g/mol. The number of benzene rings is 1. The molecule has 1 fully saturated rings. The number of hydrogen-bond acceptors (Lipinski definition) is 5. The highest BCUT2D eigenvalue weighted by Crippen LogP contribution is 2.43. The van der Waals surface area contributed by atoms with Crippen molar-refractivity contribution in [3.8, 4) is 0 Å². The summed E-state index contributed by atoms with van der Waals surface area (Å²) >= 11 is 1.28. The molecular weight excluding hydrogens is 509 g/mol. The first-order valence-corrected chi connectivity index (χ1v) is 9.79. The fraction of sp³-hybridized carbons (Fsp3) is 0.231. The van der Waals surface area contributed by atoms with Crippen LogP contribution in [0.5, 0.6) is 0 Å². The fourth-order valence-corrected chi connectivity index (χ4v) is 3.59. The van der Waals surface area contributed by atoms with Gasteiger partial charge in [-0.3, -0.25) is 9.57 Å². The minimum atomic E-state index is -4.85. The highest BCUT2D eigenvalue weighted by atomic mass is 127. The molecule has 146 valence electrons. The Labute approximate surface area is 163 Å². The fourth-order valence-electron chi connectivity index (χ4n) is 2.44. The van der Waals surface area contributed by atoms with Gasteiger partial charge in [-0.15, -0.1) is 0 Å². The van der Waals surface area contributed by atoms with Crippen molar-refractivity contribution in [2.24, 2.45) is 0 Å². The van der Waals surface area contributed by atoms with Gasteiger partial charge in [0.25, 0.3) is 0 Å². The Hall–Kier alpha value is -1.83. The molecule has 1 atom stereocenters. The summed E-state index contributed by atoms with van der Waals surface area (Å²) in [6.07, 6.45) is -1.19. The van der Waals surface area contributed by atoms with Crippen LogP contribution in [0.25, 0.3) is 0 Å². The van der Waals surface area contributed by atoms with E-state index in [1.165, 1.54) is 28.7 Å². The third-order valence-corrected chi connectivity index (χ3v) is 5.61. The van der Waals surface area contributed by atoms with E-state index in [1.54, 1.807) is 0 Å². The second kappa shape index (κ2) is 7.30. The standard InChI is InChI=1S/C13H10F3IN3O6P/c14-7-3-8(10(15)11(16)12(7)17)19-4-6(26-13(19)21)5-20(27(22,23)24)9-1-2-25-18-9/h1-3,6H,4-5H2,(H2,22,23,24)/t6-/m1/s1. The van der Waals surface area contributed by atoms with Gasteiger partial charge in [-0.25, -0.2) is 22.5 Å². The predicted octanol–water partition coefficient (Wildman–Crippen LogP) is 2.62. The Balaban J connectivity index is 1.85. The second-order valence-corrected chi connectivity index (χ2v) is 7.98. The molecule has 1 saturated heterocycles. The van der Waals surface area contributed by atoms with Crippen LogP contribution in [0, 0.1) is 21.0 Å². The van der Waals surface area contributed by atoms with Gasteiger partial charge in [0.05, 0.1) is 22.3 Å². The number of rotatable bonds is 5. The third-order valence-electron chi connectivity index (χ3n) is 3.63. The van der Waals surface area contributed by atoms with Crippen molar-refractivity contribution < 1.29 is 41.6 Å². The van der Waals surface area contributed by atoms with E-state index in [0.717, 1.165) is 6.26 Å². The van der Waals surface area contributed by atoms with Gasteiger partial charge in [-0.1, -0.05) is 5.16 Å². The summed E-state index contributed by atoms with van der Waals surface area (Å²) in [5.74, 6) is -4.18. The number of carbonyl (C=O) groups is 1. The van der Waals surface area contributed by atoms with Crippen LogP contribution >= 0.6 is 30.3 Å².